The molecule has 1 rings (SSSR count). The Morgan fingerprint density at radius 2 is 2.12 bits per heavy atom. The largest absolute Gasteiger partial charge is 0.369 e. The molecule has 2 nitrogen and oxygen atoms in total. The van der Waals surface area contributed by atoms with E-state index in [-0.39, 0.29) is 5.82 Å². The molecule has 94 valence electrons. The van der Waals surface area contributed by atoms with Crippen molar-refractivity contribution in [2.45, 2.75) is 27.2 Å². The van der Waals surface area contributed by atoms with Gasteiger partial charge in [-0.05, 0) is 25.0 Å². The van der Waals surface area contributed by atoms with Gasteiger partial charge in [-0.2, -0.15) is 0 Å². The van der Waals surface area contributed by atoms with Gasteiger partial charge in [0.25, 0.3) is 0 Å². The van der Waals surface area contributed by atoms with Crippen molar-refractivity contribution in [2.75, 3.05) is 18.0 Å². The van der Waals surface area contributed by atoms with Crippen LogP contribution in [0.1, 0.15) is 37.6 Å². The molecule has 17 heavy (non-hydrogen) atoms. The fourth-order valence-corrected chi connectivity index (χ4v) is 1.84. The molecule has 1 atom stereocenters. The van der Waals surface area contributed by atoms with Crippen LogP contribution in [-0.4, -0.2) is 19.4 Å². The van der Waals surface area contributed by atoms with Gasteiger partial charge in [0.2, 0.25) is 0 Å². The summed E-state index contributed by atoms with van der Waals surface area (Å²) in [5.41, 5.74) is 0.862. The number of halogens is 1. The van der Waals surface area contributed by atoms with Gasteiger partial charge in [0.15, 0.2) is 6.29 Å². The van der Waals surface area contributed by atoms with Crippen LogP contribution in [0.25, 0.3) is 0 Å². The molecule has 1 unspecified atom stereocenters. The number of hydrogen-bond donors (Lipinski definition) is 0. The van der Waals surface area contributed by atoms with E-state index >= 15 is 0 Å². The summed E-state index contributed by atoms with van der Waals surface area (Å²) in [6.07, 6.45) is 1.76. The number of benzene rings is 1. The van der Waals surface area contributed by atoms with Crippen LogP contribution in [0, 0.1) is 11.7 Å². The fourth-order valence-electron chi connectivity index (χ4n) is 1.84. The average Bonchev–Trinajstić information content (AvgIpc) is 2.35. The number of nitrogens with zero attached hydrogens (tertiary/aromatic N) is 1. The SMILES string of the molecule is CCC(C)CN(CC)c1c(F)cccc1C=O. The van der Waals surface area contributed by atoms with E-state index in [0.29, 0.717) is 23.7 Å². The molecule has 0 saturated heterocycles. The van der Waals surface area contributed by atoms with E-state index in [9.17, 15) is 9.18 Å². The second-order valence-electron chi connectivity index (χ2n) is 4.35. The lowest BCUT2D eigenvalue weighted by molar-refractivity contribution is 0.112. The Labute approximate surface area is 102 Å². The van der Waals surface area contributed by atoms with E-state index < -0.39 is 0 Å². The molecule has 1 aromatic rings. The van der Waals surface area contributed by atoms with Crippen molar-refractivity contribution < 1.29 is 9.18 Å². The highest BCUT2D eigenvalue weighted by Gasteiger charge is 2.16. The van der Waals surface area contributed by atoms with Crippen LogP contribution in [-0.2, 0) is 0 Å². The molecule has 0 amide bonds. The van der Waals surface area contributed by atoms with E-state index in [2.05, 4.69) is 13.8 Å². The first-order chi connectivity index (χ1) is 8.13. The predicted octanol–water partition coefficient (Wildman–Crippen LogP) is 3.51. The van der Waals surface area contributed by atoms with Crippen LogP contribution in [0.15, 0.2) is 18.2 Å². The van der Waals surface area contributed by atoms with Crippen molar-refractivity contribution >= 4 is 12.0 Å². The number of rotatable bonds is 6. The molecule has 0 aliphatic carbocycles. The minimum Gasteiger partial charge on any atom is -0.369 e. The summed E-state index contributed by atoms with van der Waals surface area (Å²) in [5.74, 6) is 0.161. The predicted molar refractivity (Wildman–Crippen MR) is 69.1 cm³/mol. The highest BCUT2D eigenvalue weighted by atomic mass is 19.1. The Morgan fingerprint density at radius 1 is 1.41 bits per heavy atom. The maximum atomic E-state index is 13.8. The van der Waals surface area contributed by atoms with E-state index in [4.69, 9.17) is 0 Å². The zero-order valence-corrected chi connectivity index (χ0v) is 10.7. The summed E-state index contributed by atoms with van der Waals surface area (Å²) >= 11 is 0. The first kappa shape index (κ1) is 13.7. The molecule has 0 spiro atoms. The molecular formula is C14H20FNO. The Hall–Kier alpha value is -1.38. The van der Waals surface area contributed by atoms with Gasteiger partial charge in [0, 0.05) is 18.7 Å². The zero-order chi connectivity index (χ0) is 12.8. The zero-order valence-electron chi connectivity index (χ0n) is 10.7. The molecule has 0 aromatic heterocycles. The van der Waals surface area contributed by atoms with Gasteiger partial charge < -0.3 is 4.90 Å². The number of para-hydroxylation sites is 1. The molecular weight excluding hydrogens is 217 g/mol. The van der Waals surface area contributed by atoms with Crippen LogP contribution in [0.3, 0.4) is 0 Å². The minimum atomic E-state index is -0.320. The lowest BCUT2D eigenvalue weighted by Gasteiger charge is -2.27. The first-order valence-corrected chi connectivity index (χ1v) is 6.12. The minimum absolute atomic E-state index is 0.320. The number of carbonyl (C=O) groups excluding carboxylic acids is 1. The van der Waals surface area contributed by atoms with Gasteiger partial charge >= 0.3 is 0 Å². The number of aldehydes is 1. The summed E-state index contributed by atoms with van der Waals surface area (Å²) in [6, 6.07) is 4.63. The number of carbonyl (C=O) groups is 1. The second kappa shape index (κ2) is 6.38. The fraction of sp³-hybridized carbons (Fsp3) is 0.500. The third-order valence-electron chi connectivity index (χ3n) is 3.07. The Kier molecular flexibility index (Phi) is 5.13. The molecule has 0 radical (unpaired) electrons. The van der Waals surface area contributed by atoms with Crippen molar-refractivity contribution in [3.8, 4) is 0 Å². The number of hydrogen-bond acceptors (Lipinski definition) is 2. The van der Waals surface area contributed by atoms with Crippen molar-refractivity contribution in [1.82, 2.24) is 0 Å². The van der Waals surface area contributed by atoms with Crippen LogP contribution in [0.2, 0.25) is 0 Å². The molecule has 0 N–H and O–H groups in total. The summed E-state index contributed by atoms with van der Waals surface area (Å²) in [4.78, 5) is 12.9. The molecule has 0 fully saturated rings. The topological polar surface area (TPSA) is 20.3 Å². The van der Waals surface area contributed by atoms with E-state index in [1.807, 2.05) is 11.8 Å². The molecule has 1 aromatic carbocycles. The lowest BCUT2D eigenvalue weighted by Crippen LogP contribution is -2.29. The standard InChI is InChI=1S/C14H20FNO/c1-4-11(3)9-16(5-2)14-12(10-17)7-6-8-13(14)15/h6-8,10-11H,4-5,9H2,1-3H3. The Bertz CT molecular complexity index is 378. The second-order valence-corrected chi connectivity index (χ2v) is 4.35. The van der Waals surface area contributed by atoms with E-state index in [1.54, 1.807) is 12.1 Å². The maximum absolute atomic E-state index is 13.8. The maximum Gasteiger partial charge on any atom is 0.152 e. The summed E-state index contributed by atoms with van der Waals surface area (Å²) < 4.78 is 13.8. The van der Waals surface area contributed by atoms with Gasteiger partial charge in [-0.1, -0.05) is 26.3 Å². The van der Waals surface area contributed by atoms with Gasteiger partial charge in [0.1, 0.15) is 5.82 Å². The Balaban J connectivity index is 3.06. The smallest absolute Gasteiger partial charge is 0.152 e. The monoisotopic (exact) mass is 237 g/mol. The average molecular weight is 237 g/mol. The Morgan fingerprint density at radius 3 is 2.65 bits per heavy atom. The van der Waals surface area contributed by atoms with Gasteiger partial charge in [-0.15, -0.1) is 0 Å². The van der Waals surface area contributed by atoms with Crippen LogP contribution >= 0.6 is 0 Å². The quantitative estimate of drug-likeness (QED) is 0.706. The lowest BCUT2D eigenvalue weighted by atomic mass is 10.1. The van der Waals surface area contributed by atoms with Crippen LogP contribution in [0.5, 0.6) is 0 Å². The molecule has 0 saturated carbocycles. The van der Waals surface area contributed by atoms with Gasteiger partial charge in [-0.3, -0.25) is 4.79 Å². The van der Waals surface area contributed by atoms with Gasteiger partial charge in [0.05, 0.1) is 5.69 Å². The molecule has 3 heteroatoms. The highest BCUT2D eigenvalue weighted by molar-refractivity contribution is 5.84. The summed E-state index contributed by atoms with van der Waals surface area (Å²) in [5, 5.41) is 0. The van der Waals surface area contributed by atoms with Crippen LogP contribution in [0.4, 0.5) is 10.1 Å². The summed E-state index contributed by atoms with van der Waals surface area (Å²) in [6.45, 7) is 7.69. The third kappa shape index (κ3) is 3.29. The van der Waals surface area contributed by atoms with Crippen molar-refractivity contribution in [3.05, 3.63) is 29.6 Å². The van der Waals surface area contributed by atoms with E-state index in [0.717, 1.165) is 19.3 Å². The van der Waals surface area contributed by atoms with Gasteiger partial charge in [-0.25, -0.2) is 4.39 Å². The molecule has 0 heterocycles. The number of anilines is 1. The normalized spacial score (nSPS) is 12.2. The third-order valence-corrected chi connectivity index (χ3v) is 3.07. The molecule has 0 aliphatic rings. The van der Waals surface area contributed by atoms with Crippen molar-refractivity contribution in [3.63, 3.8) is 0 Å². The molecule has 0 aliphatic heterocycles. The summed E-state index contributed by atoms with van der Waals surface area (Å²) in [7, 11) is 0. The molecule has 0 bridgehead atoms. The van der Waals surface area contributed by atoms with Crippen molar-refractivity contribution in [2.24, 2.45) is 5.92 Å². The highest BCUT2D eigenvalue weighted by Crippen LogP contribution is 2.24. The van der Waals surface area contributed by atoms with Crippen molar-refractivity contribution in [1.29, 1.82) is 0 Å². The van der Waals surface area contributed by atoms with Crippen LogP contribution < -0.4 is 4.90 Å². The first-order valence-electron chi connectivity index (χ1n) is 6.12. The van der Waals surface area contributed by atoms with E-state index in [1.165, 1.54) is 6.07 Å².